The van der Waals surface area contributed by atoms with Gasteiger partial charge in [0.05, 0.1) is 14.3 Å². The fourth-order valence-electron chi connectivity index (χ4n) is 7.48. The standard InChI is InChI=1S/C28H36OSi/c1-17(2)30(18(3)4,19(5)6)14-13-29-24-16-20-9-7-8-10-23(20)27-25-21-11-12-22(15-21)26(25)28(24)27/h7-14,16-19,21-22,25-26H,15H2,1-6H3/b14-13-. The number of fused-ring (bicyclic) bond motifs is 10. The van der Waals surface area contributed by atoms with Crippen molar-refractivity contribution in [3.05, 3.63) is 65.6 Å². The third kappa shape index (κ3) is 2.65. The van der Waals surface area contributed by atoms with E-state index >= 15 is 0 Å². The Morgan fingerprint density at radius 2 is 1.47 bits per heavy atom. The predicted molar refractivity (Wildman–Crippen MR) is 131 cm³/mol. The first kappa shape index (κ1) is 20.1. The molecule has 2 aromatic carbocycles. The minimum Gasteiger partial charge on any atom is -0.465 e. The van der Waals surface area contributed by atoms with Crippen molar-refractivity contribution >= 4 is 18.8 Å². The molecule has 3 aliphatic carbocycles. The smallest absolute Gasteiger partial charge is 0.130 e. The Hall–Kier alpha value is -1.80. The molecule has 0 heterocycles. The van der Waals surface area contributed by atoms with Gasteiger partial charge in [-0.3, -0.25) is 0 Å². The summed E-state index contributed by atoms with van der Waals surface area (Å²) in [5.74, 6) is 3.95. The van der Waals surface area contributed by atoms with Crippen LogP contribution in [0.5, 0.6) is 5.75 Å². The van der Waals surface area contributed by atoms with E-state index in [9.17, 15) is 0 Å². The van der Waals surface area contributed by atoms with E-state index in [1.54, 1.807) is 5.56 Å². The van der Waals surface area contributed by atoms with Crippen molar-refractivity contribution in [1.29, 1.82) is 0 Å². The van der Waals surface area contributed by atoms with Gasteiger partial charge in [-0.15, -0.1) is 0 Å². The number of benzene rings is 2. The Bertz CT molecular complexity index is 1010. The molecule has 4 atom stereocenters. The quantitative estimate of drug-likeness (QED) is 0.261. The summed E-state index contributed by atoms with van der Waals surface area (Å²) in [4.78, 5) is 0. The molecule has 0 amide bonds. The fraction of sp³-hybridized carbons (Fsp3) is 0.500. The average molecular weight is 417 g/mol. The third-order valence-corrected chi connectivity index (χ3v) is 15.5. The summed E-state index contributed by atoms with van der Waals surface area (Å²) in [7, 11) is -1.60. The molecule has 3 aliphatic rings. The highest BCUT2D eigenvalue weighted by Crippen LogP contribution is 2.68. The lowest BCUT2D eigenvalue weighted by molar-refractivity contribution is 0.405. The van der Waals surface area contributed by atoms with Gasteiger partial charge in [0.1, 0.15) is 5.75 Å². The van der Waals surface area contributed by atoms with Crippen LogP contribution in [-0.2, 0) is 0 Å². The zero-order valence-electron chi connectivity index (χ0n) is 19.4. The van der Waals surface area contributed by atoms with Crippen LogP contribution in [0.3, 0.4) is 0 Å². The molecule has 0 radical (unpaired) electrons. The van der Waals surface area contributed by atoms with Crippen molar-refractivity contribution < 1.29 is 4.74 Å². The zero-order chi connectivity index (χ0) is 21.2. The van der Waals surface area contributed by atoms with Crippen LogP contribution in [0.15, 0.2) is 54.4 Å². The minimum atomic E-state index is -1.60. The van der Waals surface area contributed by atoms with Gasteiger partial charge in [0.15, 0.2) is 0 Å². The summed E-state index contributed by atoms with van der Waals surface area (Å²) in [6.07, 6.45) is 8.35. The molecule has 158 valence electrons. The van der Waals surface area contributed by atoms with Gasteiger partial charge in [-0.1, -0.05) is 83.7 Å². The largest absolute Gasteiger partial charge is 0.465 e. The Kier molecular flexibility index (Phi) is 4.78. The molecule has 0 aromatic heterocycles. The minimum absolute atomic E-state index is 0.672. The lowest BCUT2D eigenvalue weighted by atomic mass is 9.61. The molecule has 0 N–H and O–H groups in total. The normalized spacial score (nSPS) is 26.8. The Labute approximate surface area is 183 Å². The number of hydrogen-bond acceptors (Lipinski definition) is 1. The maximum absolute atomic E-state index is 6.53. The molecule has 1 nitrogen and oxygen atoms in total. The topological polar surface area (TPSA) is 9.23 Å². The van der Waals surface area contributed by atoms with Gasteiger partial charge in [-0.05, 0) is 63.2 Å². The molecular weight excluding hydrogens is 380 g/mol. The van der Waals surface area contributed by atoms with Crippen molar-refractivity contribution in [2.45, 2.75) is 76.4 Å². The van der Waals surface area contributed by atoms with Crippen LogP contribution >= 0.6 is 0 Å². The van der Waals surface area contributed by atoms with Crippen molar-refractivity contribution in [1.82, 2.24) is 0 Å². The van der Waals surface area contributed by atoms with Gasteiger partial charge in [0, 0.05) is 11.5 Å². The van der Waals surface area contributed by atoms with E-state index in [0.29, 0.717) is 28.5 Å². The average Bonchev–Trinajstić information content (AvgIpc) is 3.24. The molecule has 0 spiro atoms. The molecule has 1 fully saturated rings. The Morgan fingerprint density at radius 1 is 0.867 bits per heavy atom. The summed E-state index contributed by atoms with van der Waals surface area (Å²) in [6.45, 7) is 14.4. The van der Waals surface area contributed by atoms with E-state index in [0.717, 1.165) is 17.6 Å². The maximum Gasteiger partial charge on any atom is 0.130 e. The first-order chi connectivity index (χ1) is 14.4. The number of hydrogen-bond donors (Lipinski definition) is 0. The number of ether oxygens (including phenoxy) is 1. The van der Waals surface area contributed by atoms with E-state index in [1.807, 2.05) is 0 Å². The molecule has 5 rings (SSSR count). The van der Waals surface area contributed by atoms with Crippen LogP contribution in [0.4, 0.5) is 0 Å². The van der Waals surface area contributed by atoms with Gasteiger partial charge in [-0.2, -0.15) is 0 Å². The van der Waals surface area contributed by atoms with Crippen LogP contribution in [0, 0.1) is 11.8 Å². The SMILES string of the molecule is CC(C)[Si](/C=C\Oc1cc2ccccc2c2c1C1C3C=CC(C3)C21)(C(C)C)C(C)C. The van der Waals surface area contributed by atoms with Gasteiger partial charge in [-0.25, -0.2) is 0 Å². The molecule has 30 heavy (non-hydrogen) atoms. The summed E-state index contributed by atoms with van der Waals surface area (Å²) >= 11 is 0. The lowest BCUT2D eigenvalue weighted by Gasteiger charge is -2.43. The highest BCUT2D eigenvalue weighted by molar-refractivity contribution is 6.87. The van der Waals surface area contributed by atoms with Crippen molar-refractivity contribution in [3.63, 3.8) is 0 Å². The zero-order valence-corrected chi connectivity index (χ0v) is 20.4. The maximum atomic E-state index is 6.53. The van der Waals surface area contributed by atoms with Crippen molar-refractivity contribution in [3.8, 4) is 5.75 Å². The van der Waals surface area contributed by atoms with E-state index in [-0.39, 0.29) is 0 Å². The first-order valence-corrected chi connectivity index (χ1v) is 14.2. The molecule has 0 aliphatic heterocycles. The molecule has 2 bridgehead atoms. The molecule has 4 unspecified atom stereocenters. The van der Waals surface area contributed by atoms with Crippen LogP contribution in [0.25, 0.3) is 10.8 Å². The van der Waals surface area contributed by atoms with E-state index in [2.05, 4.69) is 96.0 Å². The Morgan fingerprint density at radius 3 is 2.10 bits per heavy atom. The van der Waals surface area contributed by atoms with Crippen LogP contribution in [0.2, 0.25) is 16.6 Å². The van der Waals surface area contributed by atoms with E-state index < -0.39 is 8.07 Å². The van der Waals surface area contributed by atoms with Gasteiger partial charge in [0.25, 0.3) is 0 Å². The summed E-state index contributed by atoms with van der Waals surface area (Å²) < 4.78 is 6.53. The highest BCUT2D eigenvalue weighted by Gasteiger charge is 2.55. The van der Waals surface area contributed by atoms with Gasteiger partial charge < -0.3 is 4.74 Å². The first-order valence-electron chi connectivity index (χ1n) is 11.9. The lowest BCUT2D eigenvalue weighted by Crippen LogP contribution is -2.42. The van der Waals surface area contributed by atoms with Crippen LogP contribution in [-0.4, -0.2) is 8.07 Å². The van der Waals surface area contributed by atoms with E-state index in [1.165, 1.54) is 22.8 Å². The fourth-order valence-corrected chi connectivity index (χ4v) is 12.9. The number of rotatable bonds is 6. The van der Waals surface area contributed by atoms with Gasteiger partial charge >= 0.3 is 0 Å². The Balaban J connectivity index is 1.55. The van der Waals surface area contributed by atoms with Gasteiger partial charge in [0.2, 0.25) is 0 Å². The van der Waals surface area contributed by atoms with Crippen LogP contribution < -0.4 is 4.74 Å². The third-order valence-electron chi connectivity index (χ3n) is 8.77. The predicted octanol–water partition coefficient (Wildman–Crippen LogP) is 8.34. The molecular formula is C28H36OSi. The van der Waals surface area contributed by atoms with E-state index in [4.69, 9.17) is 4.74 Å². The summed E-state index contributed by atoms with van der Waals surface area (Å²) in [5, 5.41) is 2.77. The number of allylic oxidation sites excluding steroid dienone is 2. The highest BCUT2D eigenvalue weighted by atomic mass is 28.3. The molecule has 1 saturated carbocycles. The molecule has 0 saturated heterocycles. The molecule has 2 heteroatoms. The summed E-state index contributed by atoms with van der Waals surface area (Å²) in [6, 6.07) is 11.2. The van der Waals surface area contributed by atoms with Crippen molar-refractivity contribution in [2.75, 3.05) is 0 Å². The molecule has 2 aromatic rings. The second-order valence-corrected chi connectivity index (χ2v) is 16.6. The monoisotopic (exact) mass is 416 g/mol. The van der Waals surface area contributed by atoms with Crippen LogP contribution in [0.1, 0.15) is 70.9 Å². The summed E-state index contributed by atoms with van der Waals surface area (Å²) in [5.41, 5.74) is 7.71. The van der Waals surface area contributed by atoms with Crippen molar-refractivity contribution in [2.24, 2.45) is 11.8 Å². The second kappa shape index (κ2) is 7.12. The second-order valence-electron chi connectivity index (χ2n) is 10.8.